The molecule has 0 spiro atoms. The van der Waals surface area contributed by atoms with Gasteiger partial charge in [0, 0.05) is 5.56 Å². The fraction of sp³-hybridized carbons (Fsp3) is 0.500. The summed E-state index contributed by atoms with van der Waals surface area (Å²) >= 11 is 0. The molecule has 2 N–H and O–H groups in total. The molecule has 1 aliphatic rings. The average molecular weight is 191 g/mol. The summed E-state index contributed by atoms with van der Waals surface area (Å²) in [6, 6.07) is 4.35. The summed E-state index contributed by atoms with van der Waals surface area (Å²) < 4.78 is 5.66. The highest BCUT2D eigenvalue weighted by atomic mass is 16.5. The summed E-state index contributed by atoms with van der Waals surface area (Å²) in [5.41, 5.74) is 9.72. The molecule has 0 aromatic heterocycles. The Labute approximate surface area is 85.1 Å². The first kappa shape index (κ1) is 9.53. The van der Waals surface area contributed by atoms with Crippen LogP contribution in [0.1, 0.15) is 42.5 Å². The van der Waals surface area contributed by atoms with Gasteiger partial charge in [0.2, 0.25) is 0 Å². The van der Waals surface area contributed by atoms with Gasteiger partial charge >= 0.3 is 0 Å². The molecule has 0 radical (unpaired) electrons. The third-order valence-electron chi connectivity index (χ3n) is 2.84. The lowest BCUT2D eigenvalue weighted by Gasteiger charge is -2.13. The Bertz CT molecular complexity index is 358. The maximum atomic E-state index is 5.99. The van der Waals surface area contributed by atoms with Crippen LogP contribution in [0.4, 0.5) is 0 Å². The van der Waals surface area contributed by atoms with Crippen molar-refractivity contribution in [1.29, 1.82) is 0 Å². The molecule has 1 unspecified atom stereocenters. The van der Waals surface area contributed by atoms with E-state index in [4.69, 9.17) is 10.5 Å². The lowest BCUT2D eigenvalue weighted by Crippen LogP contribution is -2.11. The summed E-state index contributed by atoms with van der Waals surface area (Å²) in [5, 5.41) is 0. The van der Waals surface area contributed by atoms with E-state index in [2.05, 4.69) is 32.9 Å². The van der Waals surface area contributed by atoms with Crippen LogP contribution in [-0.4, -0.2) is 6.61 Å². The molecule has 0 fully saturated rings. The molecule has 2 nitrogen and oxygen atoms in total. The Balaban J connectivity index is 2.59. The number of hydrogen-bond acceptors (Lipinski definition) is 2. The molecule has 0 amide bonds. The molecule has 1 aromatic carbocycles. The van der Waals surface area contributed by atoms with Crippen LogP contribution in [0.15, 0.2) is 12.1 Å². The highest BCUT2D eigenvalue weighted by Crippen LogP contribution is 2.39. The first-order valence-electron chi connectivity index (χ1n) is 5.13. The second-order valence-electron chi connectivity index (χ2n) is 4.29. The summed E-state index contributed by atoms with van der Waals surface area (Å²) in [5.74, 6) is 1.53. The molecule has 1 aromatic rings. The zero-order valence-corrected chi connectivity index (χ0v) is 9.00. The van der Waals surface area contributed by atoms with Gasteiger partial charge < -0.3 is 10.5 Å². The third-order valence-corrected chi connectivity index (χ3v) is 2.84. The first-order valence-corrected chi connectivity index (χ1v) is 5.13. The molecule has 1 atom stereocenters. The van der Waals surface area contributed by atoms with Crippen LogP contribution in [0, 0.1) is 6.92 Å². The van der Waals surface area contributed by atoms with Gasteiger partial charge in [-0.1, -0.05) is 26.0 Å². The van der Waals surface area contributed by atoms with Gasteiger partial charge in [-0.05, 0) is 24.0 Å². The van der Waals surface area contributed by atoms with E-state index in [1.54, 1.807) is 0 Å². The number of nitrogens with two attached hydrogens (primary N) is 1. The van der Waals surface area contributed by atoms with Crippen molar-refractivity contribution < 1.29 is 4.74 Å². The van der Waals surface area contributed by atoms with Crippen LogP contribution in [0.5, 0.6) is 5.75 Å². The van der Waals surface area contributed by atoms with E-state index in [1.165, 1.54) is 16.7 Å². The highest BCUT2D eigenvalue weighted by Gasteiger charge is 2.25. The van der Waals surface area contributed by atoms with E-state index in [0.717, 1.165) is 5.75 Å². The Morgan fingerprint density at radius 3 is 2.79 bits per heavy atom. The summed E-state index contributed by atoms with van der Waals surface area (Å²) in [6.07, 6.45) is 0. The number of fused-ring (bicyclic) bond motifs is 1. The predicted molar refractivity (Wildman–Crippen MR) is 57.7 cm³/mol. The van der Waals surface area contributed by atoms with Crippen molar-refractivity contribution in [2.24, 2.45) is 5.73 Å². The van der Waals surface area contributed by atoms with Crippen molar-refractivity contribution in [3.8, 4) is 5.75 Å². The molecule has 76 valence electrons. The van der Waals surface area contributed by atoms with Gasteiger partial charge in [-0.25, -0.2) is 0 Å². The lowest BCUT2D eigenvalue weighted by atomic mass is 9.94. The first-order chi connectivity index (χ1) is 6.61. The van der Waals surface area contributed by atoms with Gasteiger partial charge in [-0.2, -0.15) is 0 Å². The normalized spacial score (nSPS) is 19.6. The Hall–Kier alpha value is -1.02. The van der Waals surface area contributed by atoms with Crippen molar-refractivity contribution in [2.45, 2.75) is 32.7 Å². The number of rotatable bonds is 1. The van der Waals surface area contributed by atoms with Crippen molar-refractivity contribution >= 4 is 0 Å². The van der Waals surface area contributed by atoms with Crippen molar-refractivity contribution in [2.75, 3.05) is 6.61 Å². The molecule has 2 rings (SSSR count). The zero-order valence-electron chi connectivity index (χ0n) is 9.00. The number of benzene rings is 1. The van der Waals surface area contributed by atoms with Gasteiger partial charge in [0.25, 0.3) is 0 Å². The van der Waals surface area contributed by atoms with Crippen LogP contribution in [0.3, 0.4) is 0 Å². The summed E-state index contributed by atoms with van der Waals surface area (Å²) in [6.45, 7) is 7.08. The van der Waals surface area contributed by atoms with Crippen LogP contribution >= 0.6 is 0 Å². The molecule has 14 heavy (non-hydrogen) atoms. The van der Waals surface area contributed by atoms with Crippen LogP contribution < -0.4 is 10.5 Å². The third kappa shape index (κ3) is 1.30. The van der Waals surface area contributed by atoms with Crippen LogP contribution in [0.2, 0.25) is 0 Å². The molecule has 0 bridgehead atoms. The molecular formula is C12H17NO. The number of hydrogen-bond donors (Lipinski definition) is 1. The van der Waals surface area contributed by atoms with Crippen molar-refractivity contribution in [1.82, 2.24) is 0 Å². The second-order valence-corrected chi connectivity index (χ2v) is 4.29. The molecule has 0 aliphatic carbocycles. The van der Waals surface area contributed by atoms with Gasteiger partial charge in [0.1, 0.15) is 12.4 Å². The maximum Gasteiger partial charge on any atom is 0.128 e. The predicted octanol–water partition coefficient (Wildman–Crippen LogP) is 2.51. The largest absolute Gasteiger partial charge is 0.491 e. The summed E-state index contributed by atoms with van der Waals surface area (Å²) in [4.78, 5) is 0. The number of aryl methyl sites for hydroxylation is 1. The minimum absolute atomic E-state index is 0.0590. The van der Waals surface area contributed by atoms with Crippen LogP contribution in [-0.2, 0) is 0 Å². The Morgan fingerprint density at radius 1 is 1.43 bits per heavy atom. The molecule has 0 saturated heterocycles. The highest BCUT2D eigenvalue weighted by molar-refractivity contribution is 5.51. The smallest absolute Gasteiger partial charge is 0.128 e. The fourth-order valence-corrected chi connectivity index (χ4v) is 2.05. The molecule has 1 aliphatic heterocycles. The van der Waals surface area contributed by atoms with E-state index < -0.39 is 0 Å². The summed E-state index contributed by atoms with van der Waals surface area (Å²) in [7, 11) is 0. The molecule has 2 heteroatoms. The molecule has 1 heterocycles. The second kappa shape index (κ2) is 3.28. The lowest BCUT2D eigenvalue weighted by molar-refractivity contribution is 0.329. The Kier molecular flexibility index (Phi) is 2.23. The molecular weight excluding hydrogens is 174 g/mol. The number of ether oxygens (including phenoxy) is 1. The fourth-order valence-electron chi connectivity index (χ4n) is 2.05. The van der Waals surface area contributed by atoms with Crippen molar-refractivity contribution in [3.63, 3.8) is 0 Å². The van der Waals surface area contributed by atoms with Gasteiger partial charge in [0.05, 0.1) is 6.04 Å². The van der Waals surface area contributed by atoms with E-state index in [0.29, 0.717) is 12.5 Å². The van der Waals surface area contributed by atoms with E-state index in [-0.39, 0.29) is 6.04 Å². The van der Waals surface area contributed by atoms with E-state index in [1.807, 2.05) is 0 Å². The standard InChI is InChI=1S/C12H17NO/c1-7(2)9-5-4-8(3)11-10(13)6-14-12(9)11/h4-5,7,10H,6,13H2,1-3H3. The van der Waals surface area contributed by atoms with Gasteiger partial charge in [0.15, 0.2) is 0 Å². The minimum Gasteiger partial charge on any atom is -0.491 e. The van der Waals surface area contributed by atoms with Gasteiger partial charge in [-0.3, -0.25) is 0 Å². The van der Waals surface area contributed by atoms with Crippen LogP contribution in [0.25, 0.3) is 0 Å². The molecule has 0 saturated carbocycles. The topological polar surface area (TPSA) is 35.2 Å². The minimum atomic E-state index is 0.0590. The monoisotopic (exact) mass is 191 g/mol. The van der Waals surface area contributed by atoms with Crippen molar-refractivity contribution in [3.05, 3.63) is 28.8 Å². The quantitative estimate of drug-likeness (QED) is 0.740. The average Bonchev–Trinajstić information content (AvgIpc) is 2.49. The maximum absolute atomic E-state index is 5.99. The van der Waals surface area contributed by atoms with E-state index >= 15 is 0 Å². The van der Waals surface area contributed by atoms with E-state index in [9.17, 15) is 0 Å². The SMILES string of the molecule is Cc1ccc(C(C)C)c2c1C(N)CO2. The Morgan fingerprint density at radius 2 is 2.14 bits per heavy atom. The van der Waals surface area contributed by atoms with Gasteiger partial charge in [-0.15, -0.1) is 0 Å². The zero-order chi connectivity index (χ0) is 10.3.